The smallest absolute Gasteiger partial charge is 0.261 e. The summed E-state index contributed by atoms with van der Waals surface area (Å²) in [6, 6.07) is 21.1. The van der Waals surface area contributed by atoms with Crippen molar-refractivity contribution in [3.8, 4) is 17.2 Å². The van der Waals surface area contributed by atoms with Gasteiger partial charge in [0.2, 0.25) is 5.91 Å². The normalized spacial score (nSPS) is 11.8. The monoisotopic (exact) mass is 538 g/mol. The second-order valence-corrected chi connectivity index (χ2v) is 10.3. The lowest BCUT2D eigenvalue weighted by molar-refractivity contribution is -0.143. The average Bonchev–Trinajstić information content (AvgIpc) is 2.89. The number of carbonyl (C=O) groups is 2. The lowest BCUT2D eigenvalue weighted by Crippen LogP contribution is -2.55. The van der Waals surface area contributed by atoms with Crippen LogP contribution in [-0.4, -0.2) is 49.1 Å². The van der Waals surface area contributed by atoms with Crippen LogP contribution in [0.25, 0.3) is 0 Å². The molecule has 0 bridgehead atoms. The minimum atomic E-state index is -0.802. The third-order valence-electron chi connectivity index (χ3n) is 5.76. The van der Waals surface area contributed by atoms with Gasteiger partial charge in [-0.05, 0) is 38.0 Å². The van der Waals surface area contributed by atoms with Crippen LogP contribution >= 0.6 is 11.6 Å². The van der Waals surface area contributed by atoms with Crippen LogP contribution < -0.4 is 19.5 Å². The average molecular weight is 539 g/mol. The number of halogens is 1. The van der Waals surface area contributed by atoms with E-state index in [0.29, 0.717) is 28.7 Å². The van der Waals surface area contributed by atoms with Crippen molar-refractivity contribution in [3.05, 3.63) is 88.9 Å². The molecule has 3 aromatic carbocycles. The maximum atomic E-state index is 13.8. The van der Waals surface area contributed by atoms with E-state index in [4.69, 9.17) is 25.8 Å². The number of nitrogens with one attached hydrogen (secondary N) is 1. The second kappa shape index (κ2) is 13.2. The first kappa shape index (κ1) is 28.9. The summed E-state index contributed by atoms with van der Waals surface area (Å²) in [5.74, 6) is 0.852. The van der Waals surface area contributed by atoms with E-state index in [1.165, 1.54) is 19.1 Å². The van der Waals surface area contributed by atoms with Gasteiger partial charge in [0.25, 0.3) is 5.91 Å². The molecule has 202 valence electrons. The summed E-state index contributed by atoms with van der Waals surface area (Å²) in [5, 5.41) is 3.55. The van der Waals surface area contributed by atoms with Crippen LogP contribution in [0.2, 0.25) is 5.02 Å². The number of amides is 2. The predicted molar refractivity (Wildman–Crippen MR) is 149 cm³/mol. The van der Waals surface area contributed by atoms with E-state index in [2.05, 4.69) is 5.32 Å². The zero-order valence-electron chi connectivity index (χ0n) is 22.5. The summed E-state index contributed by atoms with van der Waals surface area (Å²) < 4.78 is 16.5. The van der Waals surface area contributed by atoms with Crippen LogP contribution in [0, 0.1) is 0 Å². The molecule has 8 heteroatoms. The molecule has 0 aliphatic heterocycles. The fourth-order valence-electron chi connectivity index (χ4n) is 3.91. The molecule has 1 N–H and O–H groups in total. The fraction of sp³-hybridized carbons (Fsp3) is 0.333. The highest BCUT2D eigenvalue weighted by Gasteiger charge is 2.32. The van der Waals surface area contributed by atoms with Gasteiger partial charge in [-0.2, -0.15) is 0 Å². The third-order valence-corrected chi connectivity index (χ3v) is 6.12. The molecule has 38 heavy (non-hydrogen) atoms. The predicted octanol–water partition coefficient (Wildman–Crippen LogP) is 5.29. The number of ether oxygens (including phenoxy) is 3. The largest absolute Gasteiger partial charge is 0.496 e. The van der Waals surface area contributed by atoms with Crippen molar-refractivity contribution < 1.29 is 23.8 Å². The van der Waals surface area contributed by atoms with Gasteiger partial charge < -0.3 is 24.4 Å². The zero-order chi connectivity index (χ0) is 27.7. The molecule has 0 radical (unpaired) electrons. The fourth-order valence-corrected chi connectivity index (χ4v) is 4.11. The van der Waals surface area contributed by atoms with E-state index in [-0.39, 0.29) is 25.0 Å². The molecule has 0 heterocycles. The quantitative estimate of drug-likeness (QED) is 0.359. The Morgan fingerprint density at radius 1 is 0.895 bits per heavy atom. The molecule has 3 aromatic rings. The molecular formula is C30H35ClN2O5. The van der Waals surface area contributed by atoms with Crippen molar-refractivity contribution in [1.29, 1.82) is 0 Å². The first-order valence-electron chi connectivity index (χ1n) is 12.3. The van der Waals surface area contributed by atoms with Crippen molar-refractivity contribution in [3.63, 3.8) is 0 Å². The minimum Gasteiger partial charge on any atom is -0.496 e. The number of hydrogen-bond donors (Lipinski definition) is 1. The Morgan fingerprint density at radius 2 is 1.47 bits per heavy atom. The molecule has 0 spiro atoms. The summed E-state index contributed by atoms with van der Waals surface area (Å²) in [4.78, 5) is 28.9. The summed E-state index contributed by atoms with van der Waals surface area (Å²) >= 11 is 6.47. The van der Waals surface area contributed by atoms with Crippen molar-refractivity contribution in [2.45, 2.75) is 45.3 Å². The molecule has 0 saturated carbocycles. The van der Waals surface area contributed by atoms with Crippen LogP contribution in [-0.2, 0) is 22.6 Å². The summed E-state index contributed by atoms with van der Waals surface area (Å²) in [7, 11) is 3.08. The Balaban J connectivity index is 1.95. The van der Waals surface area contributed by atoms with Crippen LogP contribution in [0.15, 0.2) is 72.8 Å². The van der Waals surface area contributed by atoms with Crippen molar-refractivity contribution >= 4 is 23.4 Å². The Morgan fingerprint density at radius 3 is 2.05 bits per heavy atom. The van der Waals surface area contributed by atoms with Crippen molar-refractivity contribution in [2.75, 3.05) is 20.8 Å². The highest BCUT2D eigenvalue weighted by Crippen LogP contribution is 2.28. The van der Waals surface area contributed by atoms with Gasteiger partial charge in [0.1, 0.15) is 23.3 Å². The van der Waals surface area contributed by atoms with E-state index >= 15 is 0 Å². The number of hydrogen-bond acceptors (Lipinski definition) is 5. The van der Waals surface area contributed by atoms with E-state index in [1.807, 2.05) is 69.3 Å². The maximum absolute atomic E-state index is 13.8. The summed E-state index contributed by atoms with van der Waals surface area (Å²) in [6.07, 6.45) is 0.325. The van der Waals surface area contributed by atoms with Crippen LogP contribution in [0.1, 0.15) is 31.9 Å². The SMILES string of the molecule is COc1cc(OC)cc(OCC(=O)N(Cc2ccccc2Cl)C(Cc2ccccc2)C(=O)NC(C)(C)C)c1. The molecule has 3 rings (SSSR count). The van der Waals surface area contributed by atoms with Crippen molar-refractivity contribution in [2.24, 2.45) is 0 Å². The highest BCUT2D eigenvalue weighted by molar-refractivity contribution is 6.31. The minimum absolute atomic E-state index is 0.137. The summed E-state index contributed by atoms with van der Waals surface area (Å²) in [5.41, 5.74) is 1.17. The molecule has 0 aliphatic rings. The highest BCUT2D eigenvalue weighted by atomic mass is 35.5. The Labute approximate surface area is 229 Å². The first-order valence-corrected chi connectivity index (χ1v) is 12.7. The maximum Gasteiger partial charge on any atom is 0.261 e. The van der Waals surface area contributed by atoms with Gasteiger partial charge in [0, 0.05) is 41.7 Å². The molecule has 2 amide bonds. The Hall–Kier alpha value is -3.71. The van der Waals surface area contributed by atoms with Crippen LogP contribution in [0.5, 0.6) is 17.2 Å². The van der Waals surface area contributed by atoms with E-state index in [0.717, 1.165) is 11.1 Å². The molecule has 1 atom stereocenters. The Bertz CT molecular complexity index is 1200. The van der Waals surface area contributed by atoms with E-state index < -0.39 is 11.6 Å². The van der Waals surface area contributed by atoms with Gasteiger partial charge in [-0.25, -0.2) is 0 Å². The summed E-state index contributed by atoms with van der Waals surface area (Å²) in [6.45, 7) is 5.56. The van der Waals surface area contributed by atoms with E-state index in [1.54, 1.807) is 24.3 Å². The topological polar surface area (TPSA) is 77.1 Å². The molecule has 0 saturated heterocycles. The zero-order valence-corrected chi connectivity index (χ0v) is 23.2. The van der Waals surface area contributed by atoms with Crippen LogP contribution in [0.3, 0.4) is 0 Å². The third kappa shape index (κ3) is 8.42. The standard InChI is InChI=1S/C30H35ClN2O5/c1-30(2,3)32-29(35)27(15-21-11-7-6-8-12-21)33(19-22-13-9-10-14-26(22)31)28(34)20-38-25-17-23(36-4)16-24(18-25)37-5/h6-14,16-18,27H,15,19-20H2,1-5H3,(H,32,35). The number of nitrogens with zero attached hydrogens (tertiary/aromatic N) is 1. The van der Waals surface area contributed by atoms with E-state index in [9.17, 15) is 9.59 Å². The van der Waals surface area contributed by atoms with Crippen molar-refractivity contribution in [1.82, 2.24) is 10.2 Å². The first-order chi connectivity index (χ1) is 18.1. The van der Waals surface area contributed by atoms with Gasteiger partial charge >= 0.3 is 0 Å². The lowest BCUT2D eigenvalue weighted by Gasteiger charge is -2.34. The molecule has 0 fully saturated rings. The molecule has 0 aliphatic carbocycles. The molecule has 1 unspecified atom stereocenters. The van der Waals surface area contributed by atoms with Gasteiger partial charge in [-0.15, -0.1) is 0 Å². The molecule has 7 nitrogen and oxygen atoms in total. The number of rotatable bonds is 11. The number of methoxy groups -OCH3 is 2. The van der Waals surface area contributed by atoms with Gasteiger partial charge in [-0.3, -0.25) is 9.59 Å². The molecular weight excluding hydrogens is 504 g/mol. The Kier molecular flexibility index (Phi) is 10.0. The second-order valence-electron chi connectivity index (χ2n) is 9.89. The van der Waals surface area contributed by atoms with Crippen LogP contribution in [0.4, 0.5) is 0 Å². The van der Waals surface area contributed by atoms with Gasteiger partial charge in [0.15, 0.2) is 6.61 Å². The number of benzene rings is 3. The van der Waals surface area contributed by atoms with Gasteiger partial charge in [-0.1, -0.05) is 60.1 Å². The molecule has 0 aromatic heterocycles. The number of carbonyl (C=O) groups excluding carboxylic acids is 2. The van der Waals surface area contributed by atoms with Gasteiger partial charge in [0.05, 0.1) is 14.2 Å². The lowest BCUT2D eigenvalue weighted by atomic mass is 10.0.